The Morgan fingerprint density at radius 1 is 1.39 bits per heavy atom. The van der Waals surface area contributed by atoms with Crippen molar-refractivity contribution in [2.45, 2.75) is 32.6 Å². The van der Waals surface area contributed by atoms with Gasteiger partial charge in [0.15, 0.2) is 0 Å². The molecule has 2 rings (SSSR count). The molecule has 0 N–H and O–H groups in total. The lowest BCUT2D eigenvalue weighted by Gasteiger charge is -2.35. The van der Waals surface area contributed by atoms with E-state index in [4.69, 9.17) is 10.00 Å². The minimum Gasteiger partial charge on any atom is -0.373 e. The smallest absolute Gasteiger partial charge is 0.145 e. The van der Waals surface area contributed by atoms with Crippen LogP contribution in [-0.4, -0.2) is 30.2 Å². The molecule has 0 aromatic heterocycles. The highest BCUT2D eigenvalue weighted by Crippen LogP contribution is 2.18. The van der Waals surface area contributed by atoms with Crippen LogP contribution < -0.4 is 0 Å². The lowest BCUT2D eigenvalue weighted by molar-refractivity contribution is -0.0707. The molecule has 2 atom stereocenters. The maximum Gasteiger partial charge on any atom is 0.145 e. The Morgan fingerprint density at radius 2 is 2.06 bits per heavy atom. The topological polar surface area (TPSA) is 36.3 Å². The summed E-state index contributed by atoms with van der Waals surface area (Å²) in [6, 6.07) is 6.84. The summed E-state index contributed by atoms with van der Waals surface area (Å²) in [6.45, 7) is 6.15. The van der Waals surface area contributed by atoms with Gasteiger partial charge in [-0.1, -0.05) is 12.1 Å². The first-order valence-electron chi connectivity index (χ1n) is 6.15. The molecule has 1 saturated heterocycles. The number of nitrogens with zero attached hydrogens (tertiary/aromatic N) is 2. The van der Waals surface area contributed by atoms with Gasteiger partial charge in [0, 0.05) is 25.2 Å². The highest BCUT2D eigenvalue weighted by atomic mass is 19.1. The quantitative estimate of drug-likeness (QED) is 0.805. The van der Waals surface area contributed by atoms with Gasteiger partial charge in [-0.05, 0) is 19.9 Å². The molecule has 1 aliphatic rings. The van der Waals surface area contributed by atoms with Crippen LogP contribution >= 0.6 is 0 Å². The largest absolute Gasteiger partial charge is 0.373 e. The summed E-state index contributed by atoms with van der Waals surface area (Å²) in [5, 5.41) is 8.81. The standard InChI is InChI=1S/C14H17FN2O/c1-10-7-17(8-11(2)18-10)9-13-5-3-4-12(6-16)14(13)15/h3-5,10-11H,7-9H2,1-2H3. The van der Waals surface area contributed by atoms with Crippen molar-refractivity contribution in [1.82, 2.24) is 4.90 Å². The number of hydrogen-bond acceptors (Lipinski definition) is 3. The molecule has 0 aliphatic carbocycles. The molecule has 1 aliphatic heterocycles. The molecule has 1 aromatic rings. The summed E-state index contributed by atoms with van der Waals surface area (Å²) in [5.41, 5.74) is 0.692. The summed E-state index contributed by atoms with van der Waals surface area (Å²) in [5.74, 6) is -0.396. The molecular formula is C14H17FN2O. The summed E-state index contributed by atoms with van der Waals surface area (Å²) < 4.78 is 19.6. The van der Waals surface area contributed by atoms with Gasteiger partial charge in [-0.2, -0.15) is 5.26 Å². The zero-order valence-electron chi connectivity index (χ0n) is 10.7. The fraction of sp³-hybridized carbons (Fsp3) is 0.500. The number of halogens is 1. The van der Waals surface area contributed by atoms with E-state index in [0.29, 0.717) is 12.1 Å². The normalized spacial score (nSPS) is 24.8. The first-order chi connectivity index (χ1) is 8.60. The van der Waals surface area contributed by atoms with Gasteiger partial charge in [0.05, 0.1) is 17.8 Å². The predicted molar refractivity (Wildman–Crippen MR) is 66.4 cm³/mol. The van der Waals surface area contributed by atoms with E-state index in [1.165, 1.54) is 6.07 Å². The number of rotatable bonds is 2. The van der Waals surface area contributed by atoms with E-state index in [1.807, 2.05) is 19.9 Å². The Hall–Kier alpha value is -1.44. The minimum atomic E-state index is -0.396. The lowest BCUT2D eigenvalue weighted by Crippen LogP contribution is -2.44. The molecule has 4 heteroatoms. The highest BCUT2D eigenvalue weighted by molar-refractivity contribution is 5.34. The molecule has 1 aromatic carbocycles. The van der Waals surface area contributed by atoms with Crippen molar-refractivity contribution < 1.29 is 9.13 Å². The van der Waals surface area contributed by atoms with Crippen molar-refractivity contribution in [3.05, 3.63) is 35.1 Å². The fourth-order valence-electron chi connectivity index (χ4n) is 2.44. The second-order valence-corrected chi connectivity index (χ2v) is 4.84. The van der Waals surface area contributed by atoms with Gasteiger partial charge < -0.3 is 4.74 Å². The van der Waals surface area contributed by atoms with E-state index in [2.05, 4.69) is 4.90 Å². The van der Waals surface area contributed by atoms with Crippen LogP contribution in [0.2, 0.25) is 0 Å². The van der Waals surface area contributed by atoms with Gasteiger partial charge >= 0.3 is 0 Å². The molecule has 2 unspecified atom stereocenters. The van der Waals surface area contributed by atoms with E-state index < -0.39 is 5.82 Å². The maximum absolute atomic E-state index is 13.9. The summed E-state index contributed by atoms with van der Waals surface area (Å²) in [4.78, 5) is 2.17. The summed E-state index contributed by atoms with van der Waals surface area (Å²) in [6.07, 6.45) is 0.326. The van der Waals surface area contributed by atoms with Gasteiger partial charge in [-0.3, -0.25) is 4.90 Å². The van der Waals surface area contributed by atoms with Gasteiger partial charge in [0.1, 0.15) is 11.9 Å². The first kappa shape index (κ1) is 13.0. The van der Waals surface area contributed by atoms with Crippen molar-refractivity contribution in [2.75, 3.05) is 13.1 Å². The number of nitriles is 1. The molecule has 0 spiro atoms. The van der Waals surface area contributed by atoms with Gasteiger partial charge in [-0.25, -0.2) is 4.39 Å². The SMILES string of the molecule is CC1CN(Cc2cccc(C#N)c2F)CC(C)O1. The van der Waals surface area contributed by atoms with Crippen LogP contribution in [-0.2, 0) is 11.3 Å². The van der Waals surface area contributed by atoms with Crippen LogP contribution in [0.4, 0.5) is 4.39 Å². The zero-order chi connectivity index (χ0) is 13.1. The van der Waals surface area contributed by atoms with E-state index in [1.54, 1.807) is 12.1 Å². The second-order valence-electron chi connectivity index (χ2n) is 4.84. The predicted octanol–water partition coefficient (Wildman–Crippen LogP) is 2.31. The van der Waals surface area contributed by atoms with Crippen molar-refractivity contribution in [3.63, 3.8) is 0 Å². The van der Waals surface area contributed by atoms with Crippen molar-refractivity contribution in [2.24, 2.45) is 0 Å². The number of morpholine rings is 1. The summed E-state index contributed by atoms with van der Waals surface area (Å²) >= 11 is 0. The molecule has 0 saturated carbocycles. The molecule has 0 amide bonds. The van der Waals surface area contributed by atoms with Crippen LogP contribution in [0, 0.1) is 17.1 Å². The van der Waals surface area contributed by atoms with E-state index in [9.17, 15) is 4.39 Å². The average molecular weight is 248 g/mol. The lowest BCUT2D eigenvalue weighted by atomic mass is 10.1. The third-order valence-electron chi connectivity index (χ3n) is 3.09. The molecule has 3 nitrogen and oxygen atoms in total. The Balaban J connectivity index is 2.12. The van der Waals surface area contributed by atoms with Crippen LogP contribution in [0.15, 0.2) is 18.2 Å². The molecule has 1 fully saturated rings. The fourth-order valence-corrected chi connectivity index (χ4v) is 2.44. The summed E-state index contributed by atoms with van der Waals surface area (Å²) in [7, 11) is 0. The molecule has 0 bridgehead atoms. The van der Waals surface area contributed by atoms with Gasteiger partial charge in [0.2, 0.25) is 0 Å². The monoisotopic (exact) mass is 248 g/mol. The van der Waals surface area contributed by atoms with E-state index in [0.717, 1.165) is 13.1 Å². The minimum absolute atomic E-state index is 0.113. The number of benzene rings is 1. The van der Waals surface area contributed by atoms with Crippen molar-refractivity contribution >= 4 is 0 Å². The van der Waals surface area contributed by atoms with Crippen LogP contribution in [0.25, 0.3) is 0 Å². The molecular weight excluding hydrogens is 231 g/mol. The zero-order valence-corrected chi connectivity index (χ0v) is 10.7. The molecule has 18 heavy (non-hydrogen) atoms. The number of ether oxygens (including phenoxy) is 1. The maximum atomic E-state index is 13.9. The third kappa shape index (κ3) is 2.87. The van der Waals surface area contributed by atoms with Crippen LogP contribution in [0.5, 0.6) is 0 Å². The second kappa shape index (κ2) is 5.47. The van der Waals surface area contributed by atoms with Crippen molar-refractivity contribution in [1.29, 1.82) is 5.26 Å². The van der Waals surface area contributed by atoms with Gasteiger partial charge in [-0.15, -0.1) is 0 Å². The van der Waals surface area contributed by atoms with E-state index in [-0.39, 0.29) is 17.8 Å². The first-order valence-corrected chi connectivity index (χ1v) is 6.15. The van der Waals surface area contributed by atoms with Crippen LogP contribution in [0.1, 0.15) is 25.0 Å². The Bertz CT molecular complexity index is 459. The third-order valence-corrected chi connectivity index (χ3v) is 3.09. The van der Waals surface area contributed by atoms with Gasteiger partial charge in [0.25, 0.3) is 0 Å². The molecule has 1 heterocycles. The number of hydrogen-bond donors (Lipinski definition) is 0. The Kier molecular flexibility index (Phi) is 3.95. The molecule has 0 radical (unpaired) electrons. The highest BCUT2D eigenvalue weighted by Gasteiger charge is 2.23. The molecule has 96 valence electrons. The average Bonchev–Trinajstić information content (AvgIpc) is 2.30. The Labute approximate surface area is 107 Å². The van der Waals surface area contributed by atoms with Crippen LogP contribution in [0.3, 0.4) is 0 Å². The Morgan fingerprint density at radius 3 is 2.67 bits per heavy atom. The van der Waals surface area contributed by atoms with E-state index >= 15 is 0 Å². The van der Waals surface area contributed by atoms with Crippen molar-refractivity contribution in [3.8, 4) is 6.07 Å².